The fourth-order valence-electron chi connectivity index (χ4n) is 1.97. The van der Waals surface area contributed by atoms with Crippen LogP contribution in [-0.4, -0.2) is 11.3 Å². The highest BCUT2D eigenvalue weighted by molar-refractivity contribution is 8.00. The van der Waals surface area contributed by atoms with Crippen LogP contribution in [0.3, 0.4) is 0 Å². The van der Waals surface area contributed by atoms with Crippen molar-refractivity contribution in [3.63, 3.8) is 0 Å². The number of rotatable bonds is 2. The van der Waals surface area contributed by atoms with Gasteiger partial charge in [0.2, 0.25) is 0 Å². The molecule has 0 unspecified atom stereocenters. The molecule has 15 heavy (non-hydrogen) atoms. The van der Waals surface area contributed by atoms with Gasteiger partial charge < -0.3 is 11.5 Å². The third-order valence-corrected chi connectivity index (χ3v) is 4.36. The Balaban J connectivity index is 1.95. The Bertz CT molecular complexity index is 319. The second-order valence-electron chi connectivity index (χ2n) is 4.19. The summed E-state index contributed by atoms with van der Waals surface area (Å²) in [6, 6.07) is 8.53. The van der Waals surface area contributed by atoms with Gasteiger partial charge in [-0.1, -0.05) is 12.1 Å². The number of nitrogen functional groups attached to an aromatic ring is 1. The molecule has 4 N–H and O–H groups in total. The molecule has 1 aliphatic rings. The molecule has 2 rings (SSSR count). The lowest BCUT2D eigenvalue weighted by Gasteiger charge is -2.25. The van der Waals surface area contributed by atoms with Gasteiger partial charge >= 0.3 is 0 Å². The summed E-state index contributed by atoms with van der Waals surface area (Å²) in [4.78, 5) is 1.22. The van der Waals surface area contributed by atoms with E-state index in [1.165, 1.54) is 17.7 Å². The molecule has 0 bridgehead atoms. The van der Waals surface area contributed by atoms with E-state index < -0.39 is 0 Å². The van der Waals surface area contributed by atoms with Gasteiger partial charge in [0.05, 0.1) is 0 Å². The number of nitrogens with two attached hydrogens (primary N) is 2. The lowest BCUT2D eigenvalue weighted by atomic mass is 9.96. The molecule has 3 heteroatoms. The van der Waals surface area contributed by atoms with E-state index in [0.717, 1.165) is 18.5 Å². The molecule has 0 aliphatic heterocycles. The van der Waals surface area contributed by atoms with E-state index in [-0.39, 0.29) is 0 Å². The van der Waals surface area contributed by atoms with E-state index in [0.29, 0.717) is 11.3 Å². The summed E-state index contributed by atoms with van der Waals surface area (Å²) >= 11 is 1.91. The van der Waals surface area contributed by atoms with Crippen molar-refractivity contribution in [2.75, 3.05) is 5.73 Å². The van der Waals surface area contributed by atoms with Gasteiger partial charge in [-0.25, -0.2) is 0 Å². The molecule has 0 amide bonds. The minimum absolute atomic E-state index is 0.426. The second-order valence-corrected chi connectivity index (χ2v) is 5.53. The molecular formula is C12H18N2S. The second kappa shape index (κ2) is 4.90. The lowest BCUT2D eigenvalue weighted by Crippen LogP contribution is -2.27. The van der Waals surface area contributed by atoms with E-state index >= 15 is 0 Å². The smallest absolute Gasteiger partial charge is 0.0452 e. The fraction of sp³-hybridized carbons (Fsp3) is 0.500. The van der Waals surface area contributed by atoms with Crippen LogP contribution in [0, 0.1) is 0 Å². The van der Waals surface area contributed by atoms with Gasteiger partial charge in [-0.2, -0.15) is 0 Å². The molecule has 0 heterocycles. The first-order chi connectivity index (χ1) is 7.25. The number of benzene rings is 1. The predicted molar refractivity (Wildman–Crippen MR) is 66.9 cm³/mol. The predicted octanol–water partition coefficient (Wildman–Crippen LogP) is 2.63. The van der Waals surface area contributed by atoms with Gasteiger partial charge in [0.15, 0.2) is 0 Å². The Morgan fingerprint density at radius 2 is 1.73 bits per heavy atom. The highest BCUT2D eigenvalue weighted by Gasteiger charge is 2.19. The highest BCUT2D eigenvalue weighted by Crippen LogP contribution is 2.35. The number of hydrogen-bond donors (Lipinski definition) is 2. The summed E-state index contributed by atoms with van der Waals surface area (Å²) in [5.41, 5.74) is 12.7. The first-order valence-electron chi connectivity index (χ1n) is 5.52. The normalized spacial score (nSPS) is 26.5. The van der Waals surface area contributed by atoms with E-state index in [9.17, 15) is 0 Å². The zero-order valence-corrected chi connectivity index (χ0v) is 9.67. The van der Waals surface area contributed by atoms with Crippen LogP contribution in [0.5, 0.6) is 0 Å². The van der Waals surface area contributed by atoms with Crippen LogP contribution in [0.1, 0.15) is 25.7 Å². The van der Waals surface area contributed by atoms with Gasteiger partial charge in [0.25, 0.3) is 0 Å². The third kappa shape index (κ3) is 2.89. The fourth-order valence-corrected chi connectivity index (χ4v) is 3.20. The highest BCUT2D eigenvalue weighted by atomic mass is 32.2. The summed E-state index contributed by atoms with van der Waals surface area (Å²) in [6.07, 6.45) is 4.76. The van der Waals surface area contributed by atoms with Gasteiger partial charge in [0, 0.05) is 21.9 Å². The summed E-state index contributed by atoms with van der Waals surface area (Å²) < 4.78 is 0. The lowest BCUT2D eigenvalue weighted by molar-refractivity contribution is 0.451. The maximum atomic E-state index is 5.92. The molecule has 1 aliphatic carbocycles. The topological polar surface area (TPSA) is 52.0 Å². The van der Waals surface area contributed by atoms with Gasteiger partial charge in [-0.3, -0.25) is 0 Å². The molecule has 1 aromatic rings. The van der Waals surface area contributed by atoms with Gasteiger partial charge in [-0.05, 0) is 37.8 Å². The molecular weight excluding hydrogens is 204 g/mol. The Morgan fingerprint density at radius 3 is 2.40 bits per heavy atom. The van der Waals surface area contributed by atoms with Crippen LogP contribution in [0.2, 0.25) is 0 Å². The van der Waals surface area contributed by atoms with Crippen LogP contribution in [0.4, 0.5) is 5.69 Å². The summed E-state index contributed by atoms with van der Waals surface area (Å²) in [6.45, 7) is 0. The largest absolute Gasteiger partial charge is 0.398 e. The number of hydrogen-bond acceptors (Lipinski definition) is 3. The molecule has 1 aromatic carbocycles. The monoisotopic (exact) mass is 222 g/mol. The zero-order chi connectivity index (χ0) is 10.7. The Labute approximate surface area is 95.4 Å². The molecule has 0 spiro atoms. The van der Waals surface area contributed by atoms with Crippen molar-refractivity contribution in [2.24, 2.45) is 5.73 Å². The first kappa shape index (κ1) is 10.8. The zero-order valence-electron chi connectivity index (χ0n) is 8.86. The van der Waals surface area contributed by atoms with E-state index in [4.69, 9.17) is 11.5 Å². The number of para-hydroxylation sites is 1. The number of thioether (sulfide) groups is 1. The van der Waals surface area contributed by atoms with Crippen molar-refractivity contribution in [2.45, 2.75) is 41.9 Å². The van der Waals surface area contributed by atoms with Crippen LogP contribution in [0.15, 0.2) is 29.2 Å². The van der Waals surface area contributed by atoms with Crippen LogP contribution in [0.25, 0.3) is 0 Å². The molecule has 1 fully saturated rings. The Hall–Kier alpha value is -0.670. The average Bonchev–Trinajstić information content (AvgIpc) is 2.25. The SMILES string of the molecule is Nc1ccccc1SC1CCC(N)CC1. The minimum Gasteiger partial charge on any atom is -0.398 e. The Morgan fingerprint density at radius 1 is 1.07 bits per heavy atom. The molecule has 2 nitrogen and oxygen atoms in total. The maximum absolute atomic E-state index is 5.92. The van der Waals surface area contributed by atoms with E-state index in [1.54, 1.807) is 0 Å². The third-order valence-electron chi connectivity index (χ3n) is 2.93. The first-order valence-corrected chi connectivity index (χ1v) is 6.40. The van der Waals surface area contributed by atoms with Crippen LogP contribution >= 0.6 is 11.8 Å². The van der Waals surface area contributed by atoms with E-state index in [2.05, 4.69) is 6.07 Å². The van der Waals surface area contributed by atoms with Gasteiger partial charge in [-0.15, -0.1) is 11.8 Å². The van der Waals surface area contributed by atoms with Crippen LogP contribution in [-0.2, 0) is 0 Å². The van der Waals surface area contributed by atoms with E-state index in [1.807, 2.05) is 30.0 Å². The Kier molecular flexibility index (Phi) is 3.54. The average molecular weight is 222 g/mol. The van der Waals surface area contributed by atoms with Gasteiger partial charge in [0.1, 0.15) is 0 Å². The molecule has 1 saturated carbocycles. The van der Waals surface area contributed by atoms with Crippen molar-refractivity contribution in [1.29, 1.82) is 0 Å². The summed E-state index contributed by atoms with van der Waals surface area (Å²) in [5.74, 6) is 0. The van der Waals surface area contributed by atoms with Crippen molar-refractivity contribution < 1.29 is 0 Å². The van der Waals surface area contributed by atoms with Crippen molar-refractivity contribution in [1.82, 2.24) is 0 Å². The molecule has 82 valence electrons. The van der Waals surface area contributed by atoms with Crippen LogP contribution < -0.4 is 11.5 Å². The standard InChI is InChI=1S/C12H18N2S/c13-9-5-7-10(8-6-9)15-12-4-2-1-3-11(12)14/h1-4,9-10H,5-8,13-14H2. The quantitative estimate of drug-likeness (QED) is 0.756. The minimum atomic E-state index is 0.426. The number of anilines is 1. The maximum Gasteiger partial charge on any atom is 0.0452 e. The van der Waals surface area contributed by atoms with Crippen molar-refractivity contribution >= 4 is 17.4 Å². The van der Waals surface area contributed by atoms with Crippen molar-refractivity contribution in [3.05, 3.63) is 24.3 Å². The molecule has 0 saturated heterocycles. The molecule has 0 radical (unpaired) electrons. The summed E-state index contributed by atoms with van der Waals surface area (Å²) in [5, 5.41) is 0.703. The summed E-state index contributed by atoms with van der Waals surface area (Å²) in [7, 11) is 0. The van der Waals surface area contributed by atoms with Crippen molar-refractivity contribution in [3.8, 4) is 0 Å². The molecule has 0 aromatic heterocycles. The molecule has 0 atom stereocenters.